The quantitative estimate of drug-likeness (QED) is 0.364. The number of nitro benzene ring substituents is 1. The van der Waals surface area contributed by atoms with Crippen LogP contribution in [-0.2, 0) is 6.67 Å². The van der Waals surface area contributed by atoms with E-state index in [1.54, 1.807) is 23.0 Å². The van der Waals surface area contributed by atoms with E-state index in [1.807, 2.05) is 35.0 Å². The van der Waals surface area contributed by atoms with E-state index in [1.165, 1.54) is 6.07 Å². The Labute approximate surface area is 171 Å². The molecule has 152 valence electrons. The molecule has 5 rings (SSSR count). The molecule has 0 atom stereocenters. The van der Waals surface area contributed by atoms with Gasteiger partial charge in [-0.3, -0.25) is 19.7 Å². The minimum Gasteiger partial charge on any atom is -0.337 e. The Bertz CT molecular complexity index is 1180. The number of hydrogen-bond donors (Lipinski definition) is 0. The predicted molar refractivity (Wildman–Crippen MR) is 109 cm³/mol. The number of anilines is 1. The monoisotopic (exact) mass is 405 g/mol. The van der Waals surface area contributed by atoms with E-state index in [4.69, 9.17) is 0 Å². The Hall–Kier alpha value is -3.86. The van der Waals surface area contributed by atoms with Gasteiger partial charge >= 0.3 is 0 Å². The maximum atomic E-state index is 11.0. The summed E-state index contributed by atoms with van der Waals surface area (Å²) in [6.45, 7) is 3.86. The van der Waals surface area contributed by atoms with Gasteiger partial charge in [-0.2, -0.15) is 9.78 Å². The lowest BCUT2D eigenvalue weighted by Crippen LogP contribution is -2.47. The first-order valence-electron chi connectivity index (χ1n) is 9.60. The normalized spacial score (nSPS) is 15.0. The second-order valence-electron chi connectivity index (χ2n) is 7.12. The van der Waals surface area contributed by atoms with Crippen LogP contribution in [0.3, 0.4) is 0 Å². The fourth-order valence-corrected chi connectivity index (χ4v) is 3.70. The van der Waals surface area contributed by atoms with Gasteiger partial charge in [-0.25, -0.2) is 0 Å². The average molecular weight is 405 g/mol. The molecule has 2 aromatic heterocycles. The number of para-hydroxylation sites is 1. The molecular weight excluding hydrogens is 386 g/mol. The third-order valence-corrected chi connectivity index (χ3v) is 5.28. The Morgan fingerprint density at radius 1 is 1.03 bits per heavy atom. The largest absolute Gasteiger partial charge is 0.337 e. The van der Waals surface area contributed by atoms with E-state index >= 15 is 0 Å². The highest BCUT2D eigenvalue weighted by molar-refractivity contribution is 5.81. The van der Waals surface area contributed by atoms with Gasteiger partial charge in [-0.15, -0.1) is 0 Å². The summed E-state index contributed by atoms with van der Waals surface area (Å²) in [6, 6.07) is 14.7. The average Bonchev–Trinajstić information content (AvgIpc) is 3.42. The van der Waals surface area contributed by atoms with Gasteiger partial charge in [0.15, 0.2) is 0 Å². The first-order chi connectivity index (χ1) is 14.7. The van der Waals surface area contributed by atoms with E-state index in [0.717, 1.165) is 48.7 Å². The maximum Gasteiger partial charge on any atom is 0.270 e. The molecule has 0 aliphatic carbocycles. The van der Waals surface area contributed by atoms with Crippen molar-refractivity contribution in [2.24, 2.45) is 0 Å². The SMILES string of the molecule is O=[N+]([O-])c1ccc2c(cnn2CN2CCN(c3nnnn3-c3ccccc3)CC2)c1. The number of non-ortho nitro benzene ring substituents is 1. The van der Waals surface area contributed by atoms with Gasteiger partial charge in [0.2, 0.25) is 5.95 Å². The zero-order valence-corrected chi connectivity index (χ0v) is 16.1. The Morgan fingerprint density at radius 2 is 1.83 bits per heavy atom. The van der Waals surface area contributed by atoms with Crippen LogP contribution in [0.25, 0.3) is 16.6 Å². The van der Waals surface area contributed by atoms with Crippen molar-refractivity contribution in [2.75, 3.05) is 31.1 Å². The summed E-state index contributed by atoms with van der Waals surface area (Å²) in [5.41, 5.74) is 1.89. The molecule has 0 radical (unpaired) electrons. The van der Waals surface area contributed by atoms with Gasteiger partial charge in [0, 0.05) is 43.7 Å². The van der Waals surface area contributed by atoms with Crippen LogP contribution in [0, 0.1) is 10.1 Å². The van der Waals surface area contributed by atoms with Crippen LogP contribution in [0.2, 0.25) is 0 Å². The molecule has 4 aromatic rings. The van der Waals surface area contributed by atoms with E-state index in [2.05, 4.69) is 30.4 Å². The maximum absolute atomic E-state index is 11.0. The molecule has 30 heavy (non-hydrogen) atoms. The molecule has 0 spiro atoms. The van der Waals surface area contributed by atoms with Gasteiger partial charge in [0.05, 0.1) is 29.0 Å². The fourth-order valence-electron chi connectivity index (χ4n) is 3.70. The summed E-state index contributed by atoms with van der Waals surface area (Å²) in [7, 11) is 0. The second-order valence-corrected chi connectivity index (χ2v) is 7.12. The number of nitrogens with zero attached hydrogens (tertiary/aromatic N) is 9. The predicted octanol–water partition coefficient (Wildman–Crippen LogP) is 1.70. The van der Waals surface area contributed by atoms with Crippen molar-refractivity contribution in [1.82, 2.24) is 34.9 Å². The van der Waals surface area contributed by atoms with Crippen LogP contribution in [0.15, 0.2) is 54.7 Å². The van der Waals surface area contributed by atoms with Crippen molar-refractivity contribution < 1.29 is 4.92 Å². The lowest BCUT2D eigenvalue weighted by atomic mass is 10.2. The van der Waals surface area contributed by atoms with Gasteiger partial charge in [-0.1, -0.05) is 23.3 Å². The third kappa shape index (κ3) is 3.35. The highest BCUT2D eigenvalue weighted by Crippen LogP contribution is 2.22. The summed E-state index contributed by atoms with van der Waals surface area (Å²) >= 11 is 0. The number of aromatic nitrogens is 6. The van der Waals surface area contributed by atoms with Crippen LogP contribution in [-0.4, -0.2) is 66.0 Å². The van der Waals surface area contributed by atoms with Crippen molar-refractivity contribution in [3.8, 4) is 5.69 Å². The molecular formula is C19H19N9O2. The molecule has 0 N–H and O–H groups in total. The number of tetrazole rings is 1. The van der Waals surface area contributed by atoms with Crippen LogP contribution in [0.4, 0.5) is 11.6 Å². The van der Waals surface area contributed by atoms with Crippen molar-refractivity contribution in [1.29, 1.82) is 0 Å². The summed E-state index contributed by atoms with van der Waals surface area (Å²) in [6.07, 6.45) is 1.67. The fraction of sp³-hybridized carbons (Fsp3) is 0.263. The van der Waals surface area contributed by atoms with Gasteiger partial charge in [0.25, 0.3) is 5.69 Å². The molecule has 1 saturated heterocycles. The molecule has 0 saturated carbocycles. The number of nitro groups is 1. The summed E-state index contributed by atoms with van der Waals surface area (Å²) in [5, 5.41) is 28.3. The van der Waals surface area contributed by atoms with Gasteiger partial charge in [-0.05, 0) is 28.6 Å². The Balaban J connectivity index is 1.27. The van der Waals surface area contributed by atoms with Crippen LogP contribution >= 0.6 is 0 Å². The molecule has 0 unspecified atom stereocenters. The van der Waals surface area contributed by atoms with Crippen LogP contribution in [0.5, 0.6) is 0 Å². The number of rotatable bonds is 5. The topological polar surface area (TPSA) is 111 Å². The van der Waals surface area contributed by atoms with Crippen LogP contribution in [0.1, 0.15) is 0 Å². The molecule has 11 heteroatoms. The minimum atomic E-state index is -0.390. The highest BCUT2D eigenvalue weighted by Gasteiger charge is 2.23. The van der Waals surface area contributed by atoms with Crippen molar-refractivity contribution in [2.45, 2.75) is 6.67 Å². The molecule has 3 heterocycles. The number of benzene rings is 2. The molecule has 0 amide bonds. The molecule has 11 nitrogen and oxygen atoms in total. The zero-order valence-electron chi connectivity index (χ0n) is 16.1. The molecule has 1 aliphatic heterocycles. The van der Waals surface area contributed by atoms with Crippen molar-refractivity contribution in [3.05, 3.63) is 64.8 Å². The number of hydrogen-bond acceptors (Lipinski definition) is 8. The molecule has 1 aliphatic rings. The van der Waals surface area contributed by atoms with E-state index in [9.17, 15) is 10.1 Å². The minimum absolute atomic E-state index is 0.0757. The number of fused-ring (bicyclic) bond motifs is 1. The Morgan fingerprint density at radius 3 is 2.60 bits per heavy atom. The van der Waals surface area contributed by atoms with E-state index in [-0.39, 0.29) is 10.6 Å². The first kappa shape index (κ1) is 18.2. The lowest BCUT2D eigenvalue weighted by Gasteiger charge is -2.34. The second kappa shape index (κ2) is 7.52. The molecule has 1 fully saturated rings. The standard InChI is InChI=1S/C19H19N9O2/c29-28(30)17-6-7-18-15(12-17)13-20-26(18)14-24-8-10-25(11-9-24)19-21-22-23-27(19)16-4-2-1-3-5-16/h1-7,12-13H,8-11,14H2. The zero-order chi connectivity index (χ0) is 20.5. The number of piperazine rings is 1. The van der Waals surface area contributed by atoms with E-state index in [0.29, 0.717) is 6.67 Å². The van der Waals surface area contributed by atoms with Crippen molar-refractivity contribution >= 4 is 22.5 Å². The molecule has 0 bridgehead atoms. The summed E-state index contributed by atoms with van der Waals surface area (Å²) < 4.78 is 3.63. The summed E-state index contributed by atoms with van der Waals surface area (Å²) in [4.78, 5) is 15.0. The Kier molecular flexibility index (Phi) is 4.56. The van der Waals surface area contributed by atoms with Gasteiger partial charge < -0.3 is 4.90 Å². The molecule has 2 aromatic carbocycles. The van der Waals surface area contributed by atoms with E-state index < -0.39 is 0 Å². The van der Waals surface area contributed by atoms with Gasteiger partial charge in [0.1, 0.15) is 0 Å². The summed E-state index contributed by atoms with van der Waals surface area (Å²) in [5.74, 6) is 0.734. The highest BCUT2D eigenvalue weighted by atomic mass is 16.6. The lowest BCUT2D eigenvalue weighted by molar-refractivity contribution is -0.384. The van der Waals surface area contributed by atoms with Crippen LogP contribution < -0.4 is 4.90 Å². The van der Waals surface area contributed by atoms with Crippen molar-refractivity contribution in [3.63, 3.8) is 0 Å². The smallest absolute Gasteiger partial charge is 0.270 e. The first-order valence-corrected chi connectivity index (χ1v) is 9.60. The third-order valence-electron chi connectivity index (χ3n) is 5.28.